The Morgan fingerprint density at radius 3 is 2.40 bits per heavy atom. The van der Waals surface area contributed by atoms with Crippen LogP contribution < -0.4 is 5.73 Å². The average Bonchev–Trinajstić information content (AvgIpc) is 2.10. The van der Waals surface area contributed by atoms with Gasteiger partial charge in [0.15, 0.2) is 0 Å². The van der Waals surface area contributed by atoms with E-state index in [2.05, 4.69) is 0 Å². The molecule has 0 bridgehead atoms. The summed E-state index contributed by atoms with van der Waals surface area (Å²) in [5.41, 5.74) is 5.64. The van der Waals surface area contributed by atoms with E-state index >= 15 is 0 Å². The van der Waals surface area contributed by atoms with Crippen LogP contribution in [-0.2, 0) is 4.74 Å². The third kappa shape index (κ3) is 11.6. The lowest BCUT2D eigenvalue weighted by molar-refractivity contribution is -0.135. The van der Waals surface area contributed by atoms with Crippen LogP contribution in [0.3, 0.4) is 0 Å². The van der Waals surface area contributed by atoms with Gasteiger partial charge in [-0.3, -0.25) is 0 Å². The molecule has 92 valence electrons. The standard InChI is InChI=1S/C10H20F3NO/c1-2-7-15-8-5-9(14)4-3-6-10(11,12)13/h9H,2-8,14H2,1H3. The number of rotatable bonds is 8. The van der Waals surface area contributed by atoms with Crippen molar-refractivity contribution in [2.24, 2.45) is 5.73 Å². The van der Waals surface area contributed by atoms with Gasteiger partial charge in [-0.25, -0.2) is 0 Å². The van der Waals surface area contributed by atoms with E-state index in [4.69, 9.17) is 10.5 Å². The Kier molecular flexibility index (Phi) is 7.78. The number of ether oxygens (including phenoxy) is 1. The van der Waals surface area contributed by atoms with Crippen molar-refractivity contribution in [1.82, 2.24) is 0 Å². The van der Waals surface area contributed by atoms with Crippen LogP contribution >= 0.6 is 0 Å². The van der Waals surface area contributed by atoms with Gasteiger partial charge < -0.3 is 10.5 Å². The van der Waals surface area contributed by atoms with Crippen LogP contribution in [0, 0.1) is 0 Å². The number of hydrogen-bond acceptors (Lipinski definition) is 2. The Balaban J connectivity index is 3.29. The van der Waals surface area contributed by atoms with E-state index in [1.54, 1.807) is 0 Å². The topological polar surface area (TPSA) is 35.2 Å². The molecule has 1 atom stereocenters. The minimum Gasteiger partial charge on any atom is -0.381 e. The van der Waals surface area contributed by atoms with Gasteiger partial charge in [0.05, 0.1) is 0 Å². The highest BCUT2D eigenvalue weighted by Gasteiger charge is 2.26. The van der Waals surface area contributed by atoms with E-state index in [1.165, 1.54) is 0 Å². The smallest absolute Gasteiger partial charge is 0.381 e. The summed E-state index contributed by atoms with van der Waals surface area (Å²) in [4.78, 5) is 0. The lowest BCUT2D eigenvalue weighted by Gasteiger charge is -2.12. The summed E-state index contributed by atoms with van der Waals surface area (Å²) in [6, 6.07) is -0.177. The molecule has 0 aliphatic heterocycles. The maximum atomic E-state index is 11.8. The predicted molar refractivity (Wildman–Crippen MR) is 53.6 cm³/mol. The molecule has 15 heavy (non-hydrogen) atoms. The third-order valence-electron chi connectivity index (χ3n) is 2.02. The molecule has 0 heterocycles. The monoisotopic (exact) mass is 227 g/mol. The highest BCUT2D eigenvalue weighted by atomic mass is 19.4. The van der Waals surface area contributed by atoms with Crippen LogP contribution in [0.4, 0.5) is 13.2 Å². The number of hydrogen-bond donors (Lipinski definition) is 1. The molecule has 0 spiro atoms. The first-order valence-electron chi connectivity index (χ1n) is 5.35. The van der Waals surface area contributed by atoms with Gasteiger partial charge >= 0.3 is 6.18 Å². The van der Waals surface area contributed by atoms with Crippen molar-refractivity contribution in [3.63, 3.8) is 0 Å². The SMILES string of the molecule is CCCOCCC(N)CCCC(F)(F)F. The van der Waals surface area contributed by atoms with Crippen molar-refractivity contribution in [1.29, 1.82) is 0 Å². The molecule has 0 saturated carbocycles. The van der Waals surface area contributed by atoms with Gasteiger partial charge in [0.1, 0.15) is 0 Å². The van der Waals surface area contributed by atoms with Gasteiger partial charge in [-0.1, -0.05) is 6.92 Å². The van der Waals surface area contributed by atoms with E-state index in [0.29, 0.717) is 26.1 Å². The van der Waals surface area contributed by atoms with Gasteiger partial charge in [-0.05, 0) is 25.7 Å². The summed E-state index contributed by atoms with van der Waals surface area (Å²) in [6.45, 7) is 3.24. The van der Waals surface area contributed by atoms with Crippen molar-refractivity contribution < 1.29 is 17.9 Å². The van der Waals surface area contributed by atoms with Crippen molar-refractivity contribution in [3.05, 3.63) is 0 Å². The lowest BCUT2D eigenvalue weighted by atomic mass is 10.1. The Bertz CT molecular complexity index is 150. The Morgan fingerprint density at radius 1 is 1.20 bits per heavy atom. The zero-order chi connectivity index (χ0) is 11.7. The van der Waals surface area contributed by atoms with Gasteiger partial charge in [-0.2, -0.15) is 13.2 Å². The molecule has 5 heteroatoms. The summed E-state index contributed by atoms with van der Waals surface area (Å²) in [6.07, 6.45) is -2.69. The van der Waals surface area contributed by atoms with E-state index in [0.717, 1.165) is 6.42 Å². The van der Waals surface area contributed by atoms with E-state index in [9.17, 15) is 13.2 Å². The second-order valence-electron chi connectivity index (χ2n) is 3.67. The first-order chi connectivity index (χ1) is 6.95. The second-order valence-corrected chi connectivity index (χ2v) is 3.67. The largest absolute Gasteiger partial charge is 0.389 e. The quantitative estimate of drug-likeness (QED) is 0.647. The number of alkyl halides is 3. The fourth-order valence-electron chi connectivity index (χ4n) is 1.19. The fraction of sp³-hybridized carbons (Fsp3) is 1.00. The van der Waals surface area contributed by atoms with Crippen LogP contribution in [0.5, 0.6) is 0 Å². The predicted octanol–water partition coefficient (Wildman–Crippen LogP) is 2.86. The zero-order valence-electron chi connectivity index (χ0n) is 9.15. The van der Waals surface area contributed by atoms with Crippen LogP contribution in [0.1, 0.15) is 39.0 Å². The first-order valence-corrected chi connectivity index (χ1v) is 5.35. The molecule has 2 nitrogen and oxygen atoms in total. The van der Waals surface area contributed by atoms with Gasteiger partial charge in [-0.15, -0.1) is 0 Å². The first kappa shape index (κ1) is 14.7. The minimum absolute atomic E-state index is 0.110. The fourth-order valence-corrected chi connectivity index (χ4v) is 1.19. The Morgan fingerprint density at radius 2 is 1.87 bits per heavy atom. The summed E-state index contributed by atoms with van der Waals surface area (Å²) in [5, 5.41) is 0. The van der Waals surface area contributed by atoms with Crippen molar-refractivity contribution in [3.8, 4) is 0 Å². The van der Waals surface area contributed by atoms with E-state index < -0.39 is 12.6 Å². The number of halogens is 3. The molecular weight excluding hydrogens is 207 g/mol. The molecule has 0 aliphatic carbocycles. The van der Waals surface area contributed by atoms with Gasteiger partial charge in [0.2, 0.25) is 0 Å². The molecule has 0 aromatic rings. The van der Waals surface area contributed by atoms with Gasteiger partial charge in [0, 0.05) is 25.7 Å². The summed E-state index contributed by atoms with van der Waals surface area (Å²) in [5.74, 6) is 0. The highest BCUT2D eigenvalue weighted by molar-refractivity contribution is 4.62. The maximum absolute atomic E-state index is 11.8. The molecule has 0 radical (unpaired) electrons. The van der Waals surface area contributed by atoms with Crippen LogP contribution in [0.15, 0.2) is 0 Å². The molecule has 0 amide bonds. The molecular formula is C10H20F3NO. The Hall–Kier alpha value is -0.290. The third-order valence-corrected chi connectivity index (χ3v) is 2.02. The van der Waals surface area contributed by atoms with E-state index in [1.807, 2.05) is 6.92 Å². The van der Waals surface area contributed by atoms with Crippen LogP contribution in [-0.4, -0.2) is 25.4 Å². The summed E-state index contributed by atoms with van der Waals surface area (Å²) >= 11 is 0. The molecule has 0 aliphatic rings. The normalized spacial score (nSPS) is 14.2. The van der Waals surface area contributed by atoms with E-state index in [-0.39, 0.29) is 12.5 Å². The number of nitrogens with two attached hydrogens (primary N) is 1. The molecule has 0 aromatic heterocycles. The summed E-state index contributed by atoms with van der Waals surface area (Å²) in [7, 11) is 0. The zero-order valence-corrected chi connectivity index (χ0v) is 9.15. The van der Waals surface area contributed by atoms with Crippen molar-refractivity contribution in [2.75, 3.05) is 13.2 Å². The average molecular weight is 227 g/mol. The van der Waals surface area contributed by atoms with Gasteiger partial charge in [0.25, 0.3) is 0 Å². The van der Waals surface area contributed by atoms with Crippen molar-refractivity contribution >= 4 is 0 Å². The molecule has 2 N–H and O–H groups in total. The molecule has 1 unspecified atom stereocenters. The molecule has 0 saturated heterocycles. The Labute approximate surface area is 89.0 Å². The maximum Gasteiger partial charge on any atom is 0.389 e. The van der Waals surface area contributed by atoms with Crippen molar-refractivity contribution in [2.45, 2.75) is 51.2 Å². The molecule has 0 fully saturated rings. The summed E-state index contributed by atoms with van der Waals surface area (Å²) < 4.78 is 40.6. The molecule has 0 rings (SSSR count). The van der Waals surface area contributed by atoms with Crippen LogP contribution in [0.2, 0.25) is 0 Å². The van der Waals surface area contributed by atoms with Crippen LogP contribution in [0.25, 0.3) is 0 Å². The lowest BCUT2D eigenvalue weighted by Crippen LogP contribution is -2.22. The second kappa shape index (κ2) is 7.93. The highest BCUT2D eigenvalue weighted by Crippen LogP contribution is 2.22. The minimum atomic E-state index is -4.06. The molecule has 0 aromatic carbocycles.